The van der Waals surface area contributed by atoms with Crippen molar-refractivity contribution in [2.75, 3.05) is 0 Å². The van der Waals surface area contributed by atoms with Crippen LogP contribution >= 0.6 is 0 Å². The highest BCUT2D eigenvalue weighted by atomic mass is 19.4. The molecule has 0 N–H and O–H groups in total. The normalized spacial score (nSPS) is 11.4. The molecule has 0 radical (unpaired) electrons. The van der Waals surface area contributed by atoms with Crippen molar-refractivity contribution in [1.82, 2.24) is 9.78 Å². The third-order valence-corrected chi connectivity index (χ3v) is 3.25. The van der Waals surface area contributed by atoms with Gasteiger partial charge in [0.1, 0.15) is 5.75 Å². The van der Waals surface area contributed by atoms with Crippen LogP contribution in [0.3, 0.4) is 0 Å². The minimum absolute atomic E-state index is 0.233. The smallest absolute Gasteiger partial charge is 0.406 e. The number of halogens is 3. The lowest BCUT2D eigenvalue weighted by atomic mass is 10.1. The molecule has 3 aromatic rings. The van der Waals surface area contributed by atoms with Crippen molar-refractivity contribution in [2.45, 2.75) is 12.9 Å². The van der Waals surface area contributed by atoms with Crippen molar-refractivity contribution in [2.24, 2.45) is 0 Å². The van der Waals surface area contributed by atoms with Gasteiger partial charge in [-0.15, -0.1) is 13.2 Å². The molecular formula is C17H13F3N2O. The molecule has 0 unspecified atom stereocenters. The molecule has 0 aliphatic heterocycles. The topological polar surface area (TPSA) is 27.1 Å². The van der Waals surface area contributed by atoms with E-state index in [1.165, 1.54) is 18.2 Å². The van der Waals surface area contributed by atoms with Crippen LogP contribution in [0.4, 0.5) is 13.2 Å². The first-order valence-corrected chi connectivity index (χ1v) is 6.93. The van der Waals surface area contributed by atoms with Crippen molar-refractivity contribution < 1.29 is 17.9 Å². The zero-order valence-electron chi connectivity index (χ0n) is 12.0. The van der Waals surface area contributed by atoms with Gasteiger partial charge in [0.15, 0.2) is 0 Å². The molecule has 0 spiro atoms. The SMILES string of the molecule is FC(F)(F)Oc1cccc(Cn2nccc2-c2ccccc2)c1. The van der Waals surface area contributed by atoms with Crippen LogP contribution in [0.2, 0.25) is 0 Å². The lowest BCUT2D eigenvalue weighted by Gasteiger charge is -2.11. The maximum atomic E-state index is 12.3. The van der Waals surface area contributed by atoms with Gasteiger partial charge in [0.05, 0.1) is 12.2 Å². The van der Waals surface area contributed by atoms with E-state index in [1.54, 1.807) is 16.9 Å². The van der Waals surface area contributed by atoms with Crippen LogP contribution in [0.5, 0.6) is 5.75 Å². The van der Waals surface area contributed by atoms with Crippen LogP contribution in [0.1, 0.15) is 5.56 Å². The van der Waals surface area contributed by atoms with Gasteiger partial charge in [-0.2, -0.15) is 5.10 Å². The minimum Gasteiger partial charge on any atom is -0.406 e. The molecule has 6 heteroatoms. The maximum Gasteiger partial charge on any atom is 0.573 e. The number of nitrogens with zero attached hydrogens (tertiary/aromatic N) is 2. The Labute approximate surface area is 130 Å². The molecule has 1 heterocycles. The van der Waals surface area contributed by atoms with Crippen LogP contribution in [0, 0.1) is 0 Å². The molecule has 0 aliphatic rings. The highest BCUT2D eigenvalue weighted by Crippen LogP contribution is 2.24. The summed E-state index contributed by atoms with van der Waals surface area (Å²) in [5.74, 6) is -0.233. The molecule has 0 fully saturated rings. The van der Waals surface area contributed by atoms with E-state index in [0.29, 0.717) is 12.1 Å². The zero-order valence-corrected chi connectivity index (χ0v) is 12.0. The average Bonchev–Trinajstić information content (AvgIpc) is 2.95. The quantitative estimate of drug-likeness (QED) is 0.708. The van der Waals surface area contributed by atoms with Crippen molar-refractivity contribution in [3.63, 3.8) is 0 Å². The van der Waals surface area contributed by atoms with Gasteiger partial charge in [-0.1, -0.05) is 42.5 Å². The summed E-state index contributed by atoms with van der Waals surface area (Å²) in [5, 5.41) is 4.25. The molecule has 1 aromatic heterocycles. The molecule has 23 heavy (non-hydrogen) atoms. The number of hydrogen-bond donors (Lipinski definition) is 0. The standard InChI is InChI=1S/C17H13F3N2O/c18-17(19,20)23-15-8-4-5-13(11-15)12-22-16(9-10-21-22)14-6-2-1-3-7-14/h1-11H,12H2. The summed E-state index contributed by atoms with van der Waals surface area (Å²) >= 11 is 0. The third kappa shape index (κ3) is 3.91. The summed E-state index contributed by atoms with van der Waals surface area (Å²) in [5.41, 5.74) is 2.56. The van der Waals surface area contributed by atoms with Crippen LogP contribution < -0.4 is 4.74 Å². The van der Waals surface area contributed by atoms with Gasteiger partial charge in [-0.3, -0.25) is 4.68 Å². The van der Waals surface area contributed by atoms with Gasteiger partial charge in [0, 0.05) is 6.20 Å². The Balaban J connectivity index is 1.84. The summed E-state index contributed by atoms with van der Waals surface area (Å²) in [4.78, 5) is 0. The summed E-state index contributed by atoms with van der Waals surface area (Å²) < 4.78 is 42.6. The lowest BCUT2D eigenvalue weighted by Crippen LogP contribution is -2.17. The van der Waals surface area contributed by atoms with Gasteiger partial charge >= 0.3 is 6.36 Å². The number of rotatable bonds is 4. The van der Waals surface area contributed by atoms with E-state index in [0.717, 1.165) is 11.3 Å². The molecular weight excluding hydrogens is 305 g/mol. The molecule has 118 valence electrons. The van der Waals surface area contributed by atoms with E-state index in [4.69, 9.17) is 0 Å². The van der Waals surface area contributed by atoms with Crippen LogP contribution in [0.25, 0.3) is 11.3 Å². The number of hydrogen-bond acceptors (Lipinski definition) is 2. The van der Waals surface area contributed by atoms with E-state index in [9.17, 15) is 13.2 Å². The number of ether oxygens (including phenoxy) is 1. The van der Waals surface area contributed by atoms with E-state index in [2.05, 4.69) is 9.84 Å². The Morgan fingerprint density at radius 3 is 2.48 bits per heavy atom. The molecule has 0 aliphatic carbocycles. The average molecular weight is 318 g/mol. The van der Waals surface area contributed by atoms with E-state index >= 15 is 0 Å². The Hall–Kier alpha value is -2.76. The molecule has 0 saturated carbocycles. The van der Waals surface area contributed by atoms with E-state index < -0.39 is 6.36 Å². The monoisotopic (exact) mass is 318 g/mol. The van der Waals surface area contributed by atoms with Crippen LogP contribution in [-0.4, -0.2) is 16.1 Å². The number of aromatic nitrogens is 2. The van der Waals surface area contributed by atoms with Gasteiger partial charge in [-0.05, 0) is 29.3 Å². The molecule has 3 nitrogen and oxygen atoms in total. The van der Waals surface area contributed by atoms with E-state index in [-0.39, 0.29) is 5.75 Å². The highest BCUT2D eigenvalue weighted by Gasteiger charge is 2.31. The Morgan fingerprint density at radius 1 is 0.957 bits per heavy atom. The zero-order chi connectivity index (χ0) is 16.3. The molecule has 3 rings (SSSR count). The Morgan fingerprint density at radius 2 is 1.74 bits per heavy atom. The fourth-order valence-corrected chi connectivity index (χ4v) is 2.33. The van der Waals surface area contributed by atoms with Crippen LogP contribution in [0.15, 0.2) is 66.9 Å². The summed E-state index contributed by atoms with van der Waals surface area (Å²) in [6, 6.07) is 17.4. The number of benzene rings is 2. The molecule has 2 aromatic carbocycles. The summed E-state index contributed by atoms with van der Waals surface area (Å²) in [7, 11) is 0. The third-order valence-electron chi connectivity index (χ3n) is 3.25. The van der Waals surface area contributed by atoms with Crippen molar-refractivity contribution in [1.29, 1.82) is 0 Å². The van der Waals surface area contributed by atoms with E-state index in [1.807, 2.05) is 36.4 Å². The van der Waals surface area contributed by atoms with Crippen molar-refractivity contribution in [3.05, 3.63) is 72.4 Å². The van der Waals surface area contributed by atoms with Gasteiger partial charge < -0.3 is 4.74 Å². The Bertz CT molecular complexity index is 782. The largest absolute Gasteiger partial charge is 0.573 e. The second kappa shape index (κ2) is 6.16. The van der Waals surface area contributed by atoms with Crippen molar-refractivity contribution >= 4 is 0 Å². The predicted octanol–water partition coefficient (Wildman–Crippen LogP) is 4.50. The van der Waals surface area contributed by atoms with Gasteiger partial charge in [0.25, 0.3) is 0 Å². The molecule has 0 saturated heterocycles. The second-order valence-electron chi connectivity index (χ2n) is 4.94. The first kappa shape index (κ1) is 15.1. The first-order chi connectivity index (χ1) is 11.0. The molecule has 0 atom stereocenters. The molecule has 0 bridgehead atoms. The van der Waals surface area contributed by atoms with Gasteiger partial charge in [0.2, 0.25) is 0 Å². The second-order valence-corrected chi connectivity index (χ2v) is 4.94. The van der Waals surface area contributed by atoms with Gasteiger partial charge in [-0.25, -0.2) is 0 Å². The number of alkyl halides is 3. The highest BCUT2D eigenvalue weighted by molar-refractivity contribution is 5.59. The predicted molar refractivity (Wildman–Crippen MR) is 79.9 cm³/mol. The first-order valence-electron chi connectivity index (χ1n) is 6.93. The van der Waals surface area contributed by atoms with Crippen molar-refractivity contribution in [3.8, 4) is 17.0 Å². The summed E-state index contributed by atoms with van der Waals surface area (Å²) in [6.07, 6.45) is -3.03. The molecule has 0 amide bonds. The Kier molecular flexibility index (Phi) is 4.06. The fraction of sp³-hybridized carbons (Fsp3) is 0.118. The fourth-order valence-electron chi connectivity index (χ4n) is 2.33. The lowest BCUT2D eigenvalue weighted by molar-refractivity contribution is -0.274. The minimum atomic E-state index is -4.69. The van der Waals surface area contributed by atoms with Crippen LogP contribution in [-0.2, 0) is 6.54 Å². The maximum absolute atomic E-state index is 12.3. The summed E-state index contributed by atoms with van der Waals surface area (Å²) in [6.45, 7) is 0.353.